The molecule has 3 aromatic heterocycles. The van der Waals surface area contributed by atoms with Crippen molar-refractivity contribution in [2.75, 3.05) is 64.1 Å². The Morgan fingerprint density at radius 2 is 2.04 bits per heavy atom. The van der Waals surface area contributed by atoms with Crippen molar-refractivity contribution in [2.24, 2.45) is 0 Å². The Kier molecular flexibility index (Phi) is 8.47. The fraction of sp³-hybridized carbons (Fsp3) is 0.472. The number of hydrogen-bond acceptors (Lipinski definition) is 10. The minimum Gasteiger partial charge on any atom is -0.461 e. The highest BCUT2D eigenvalue weighted by Crippen LogP contribution is 2.41. The molecule has 0 saturated carbocycles. The summed E-state index contributed by atoms with van der Waals surface area (Å²) in [5.74, 6) is -0.129. The predicted molar refractivity (Wildman–Crippen MR) is 190 cm³/mol. The number of rotatable bonds is 8. The maximum atomic E-state index is 16.9. The van der Waals surface area contributed by atoms with E-state index in [-0.39, 0.29) is 47.3 Å². The lowest BCUT2D eigenvalue weighted by atomic mass is 9.95. The lowest BCUT2D eigenvalue weighted by Crippen LogP contribution is -2.43. The van der Waals surface area contributed by atoms with Crippen LogP contribution in [0.5, 0.6) is 6.01 Å². The number of alkyl halides is 1. The van der Waals surface area contributed by atoms with Crippen molar-refractivity contribution in [2.45, 2.75) is 55.9 Å². The monoisotopic (exact) mass is 703 g/mol. The van der Waals surface area contributed by atoms with Crippen molar-refractivity contribution in [3.63, 3.8) is 0 Å². The van der Waals surface area contributed by atoms with Crippen LogP contribution in [0.25, 0.3) is 33.1 Å². The number of carbonyl (C=O) groups excluding carboxylic acids is 1. The lowest BCUT2D eigenvalue weighted by molar-refractivity contribution is -0.125. The van der Waals surface area contributed by atoms with Gasteiger partial charge in [-0.25, -0.2) is 13.8 Å². The predicted octanol–water partition coefficient (Wildman–Crippen LogP) is 4.87. The largest absolute Gasteiger partial charge is 0.461 e. The molecule has 1 amide bonds. The van der Waals surface area contributed by atoms with Crippen molar-refractivity contribution in [3.05, 3.63) is 53.5 Å². The summed E-state index contributed by atoms with van der Waals surface area (Å²) in [7, 11) is 3.93. The number of carbonyl (C=O) groups is 1. The van der Waals surface area contributed by atoms with Gasteiger partial charge in [-0.15, -0.1) is 0 Å². The molecule has 0 unspecified atom stereocenters. The molecule has 4 aliphatic heterocycles. The van der Waals surface area contributed by atoms with E-state index >= 15 is 4.39 Å². The third kappa shape index (κ3) is 5.78. The molecule has 0 spiro atoms. The zero-order valence-corrected chi connectivity index (χ0v) is 28.9. The summed E-state index contributed by atoms with van der Waals surface area (Å²) < 4.78 is 37.7. The minimum atomic E-state index is -0.922. The van der Waals surface area contributed by atoms with Gasteiger partial charge in [0.1, 0.15) is 41.3 Å². The number of amides is 1. The van der Waals surface area contributed by atoms with Crippen LogP contribution in [-0.2, 0) is 4.79 Å². The van der Waals surface area contributed by atoms with Crippen LogP contribution in [0.15, 0.2) is 42.6 Å². The number of aromatic nitrogens is 4. The van der Waals surface area contributed by atoms with E-state index in [1.807, 2.05) is 36.0 Å². The normalized spacial score (nSPS) is 25.5. The summed E-state index contributed by atoms with van der Waals surface area (Å²) in [6, 6.07) is 7.19. The first-order chi connectivity index (χ1) is 24.1. The van der Waals surface area contributed by atoms with Gasteiger partial charge >= 0.3 is 6.01 Å². The zero-order chi connectivity index (χ0) is 34.7. The van der Waals surface area contributed by atoms with Crippen LogP contribution in [0, 0.1) is 5.82 Å². The van der Waals surface area contributed by atoms with E-state index in [0.717, 1.165) is 32.4 Å². The molecule has 0 aliphatic carbocycles. The molecule has 4 saturated heterocycles. The van der Waals surface area contributed by atoms with Gasteiger partial charge in [0.25, 0.3) is 0 Å². The maximum absolute atomic E-state index is 16.9. The lowest BCUT2D eigenvalue weighted by Gasteiger charge is -2.35. The van der Waals surface area contributed by atoms with Crippen LogP contribution in [0.3, 0.4) is 0 Å². The highest BCUT2D eigenvalue weighted by Gasteiger charge is 2.49. The van der Waals surface area contributed by atoms with Crippen molar-refractivity contribution in [1.29, 1.82) is 0 Å². The molecule has 14 heteroatoms. The van der Waals surface area contributed by atoms with Crippen molar-refractivity contribution in [1.82, 2.24) is 34.6 Å². The summed E-state index contributed by atoms with van der Waals surface area (Å²) >= 11 is 6.59. The number of fused-ring (bicyclic) bond motifs is 3. The molecule has 4 atom stereocenters. The Balaban J connectivity index is 1.16. The fourth-order valence-electron chi connectivity index (χ4n) is 8.14. The van der Waals surface area contributed by atoms with E-state index in [2.05, 4.69) is 24.8 Å². The van der Waals surface area contributed by atoms with Crippen molar-refractivity contribution < 1.29 is 18.3 Å². The Morgan fingerprint density at radius 3 is 2.84 bits per heavy atom. The minimum absolute atomic E-state index is 0.000303. The number of hydrogen-bond donors (Lipinski definition) is 1. The number of nitrogen functional groups attached to an aromatic ring is 1. The number of ether oxygens (including phenoxy) is 1. The number of likely N-dealkylation sites (N-methyl/N-ethyl adjacent to an activating group) is 2. The zero-order valence-electron chi connectivity index (χ0n) is 28.2. The van der Waals surface area contributed by atoms with Gasteiger partial charge in [-0.3, -0.25) is 19.6 Å². The molecular formula is C36H40ClF2N9O2. The van der Waals surface area contributed by atoms with Crippen LogP contribution in [0.1, 0.15) is 32.1 Å². The number of pyridine rings is 2. The number of likely N-dealkylation sites (tertiary alicyclic amines) is 2. The van der Waals surface area contributed by atoms with Gasteiger partial charge in [-0.1, -0.05) is 29.8 Å². The summed E-state index contributed by atoms with van der Waals surface area (Å²) in [5, 5.41) is 1.99. The summed E-state index contributed by atoms with van der Waals surface area (Å²) in [4.78, 5) is 39.6. The van der Waals surface area contributed by atoms with E-state index in [1.54, 1.807) is 24.3 Å². The molecule has 7 heterocycles. The maximum Gasteiger partial charge on any atom is 0.319 e. The second kappa shape index (κ2) is 12.8. The SMILES string of the molecule is CN1CC[C@@H]1/C=C/C(=O)N1CC[C@@H](N(C)c2nc(OC[C@@]34CCCN3C[C@H](F)C4)nc3c(F)c(-c4nc(N)cc5cccc(Cl)c45)ncc23)C1. The van der Waals surface area contributed by atoms with Gasteiger partial charge < -0.3 is 20.3 Å². The van der Waals surface area contributed by atoms with Crippen LogP contribution in [-0.4, -0.2) is 118 Å². The Hall–Kier alpha value is -4.20. The van der Waals surface area contributed by atoms with Gasteiger partial charge in [0.15, 0.2) is 5.82 Å². The van der Waals surface area contributed by atoms with Crippen LogP contribution in [0.2, 0.25) is 5.02 Å². The molecule has 11 nitrogen and oxygen atoms in total. The van der Waals surface area contributed by atoms with Gasteiger partial charge in [0, 0.05) is 69.4 Å². The Morgan fingerprint density at radius 1 is 1.18 bits per heavy atom. The highest BCUT2D eigenvalue weighted by atomic mass is 35.5. The molecule has 0 bridgehead atoms. The molecule has 1 aromatic carbocycles. The molecule has 4 aromatic rings. The standard InChI is InChI=1S/C36H40ClF2N9O2/c1-45-13-9-23(45)7-8-28(49)47-14-10-24(19-47)46(2)34-25-17-41-33(32-29-21(15-27(40)42-32)5-3-6-26(29)37)30(39)31(25)43-35(44-34)50-20-36-11-4-12-48(36)18-22(38)16-36/h3,5-8,15,17,22-24H,4,9-14,16,18-20H2,1-2H3,(H2,40,42)/b8-7+/t22-,23+,24-,36+/m1/s1. The smallest absolute Gasteiger partial charge is 0.319 e. The fourth-order valence-corrected chi connectivity index (χ4v) is 8.41. The first kappa shape index (κ1) is 33.0. The Labute approximate surface area is 294 Å². The second-order valence-corrected chi connectivity index (χ2v) is 14.6. The quantitative estimate of drug-likeness (QED) is 0.255. The highest BCUT2D eigenvalue weighted by molar-refractivity contribution is 6.36. The number of nitrogens with zero attached hydrogens (tertiary/aromatic N) is 8. The van der Waals surface area contributed by atoms with Gasteiger partial charge in [-0.2, -0.15) is 9.97 Å². The summed E-state index contributed by atoms with van der Waals surface area (Å²) in [6.07, 6.45) is 8.15. The Bertz CT molecular complexity index is 2020. The molecule has 50 heavy (non-hydrogen) atoms. The molecular weight excluding hydrogens is 664 g/mol. The van der Waals surface area contributed by atoms with E-state index in [1.165, 1.54) is 6.20 Å². The van der Waals surface area contributed by atoms with Gasteiger partial charge in [0.2, 0.25) is 5.91 Å². The number of benzene rings is 1. The van der Waals surface area contributed by atoms with Gasteiger partial charge in [-0.05, 0) is 56.8 Å². The molecule has 2 N–H and O–H groups in total. The van der Waals surface area contributed by atoms with E-state index in [0.29, 0.717) is 65.5 Å². The molecule has 4 aliphatic rings. The molecule has 8 rings (SSSR count). The van der Waals surface area contributed by atoms with Crippen LogP contribution < -0.4 is 15.4 Å². The summed E-state index contributed by atoms with van der Waals surface area (Å²) in [6.45, 7) is 3.47. The number of anilines is 2. The first-order valence-electron chi connectivity index (χ1n) is 17.2. The van der Waals surface area contributed by atoms with Crippen LogP contribution >= 0.6 is 11.6 Å². The van der Waals surface area contributed by atoms with Crippen molar-refractivity contribution >= 4 is 50.8 Å². The average Bonchev–Trinajstić information content (AvgIpc) is 3.81. The van der Waals surface area contributed by atoms with Crippen molar-refractivity contribution in [3.8, 4) is 17.4 Å². The van der Waals surface area contributed by atoms with E-state index < -0.39 is 17.5 Å². The van der Waals surface area contributed by atoms with E-state index in [9.17, 15) is 9.18 Å². The summed E-state index contributed by atoms with van der Waals surface area (Å²) in [5.41, 5.74) is 5.85. The van der Waals surface area contributed by atoms with Gasteiger partial charge in [0.05, 0.1) is 15.9 Å². The van der Waals surface area contributed by atoms with Crippen LogP contribution in [0.4, 0.5) is 20.4 Å². The molecule has 0 radical (unpaired) electrons. The van der Waals surface area contributed by atoms with E-state index in [4.69, 9.17) is 27.1 Å². The second-order valence-electron chi connectivity index (χ2n) is 14.1. The topological polar surface area (TPSA) is 117 Å². The third-order valence-electron chi connectivity index (χ3n) is 11.1. The first-order valence-corrected chi connectivity index (χ1v) is 17.6. The molecule has 4 fully saturated rings. The average molecular weight is 704 g/mol. The number of nitrogens with two attached hydrogens (primary N) is 1. The number of halogens is 3. The molecule has 262 valence electrons. The third-order valence-corrected chi connectivity index (χ3v) is 11.4.